The molecule has 104 valence electrons. The number of aromatic hydroxyl groups is 3. The summed E-state index contributed by atoms with van der Waals surface area (Å²) in [7, 11) is 0. The molecule has 0 aromatic heterocycles. The van der Waals surface area contributed by atoms with Crippen molar-refractivity contribution in [3.8, 4) is 17.2 Å². The van der Waals surface area contributed by atoms with Crippen molar-refractivity contribution in [3.05, 3.63) is 41.5 Å². The zero-order chi connectivity index (χ0) is 14.9. The fraction of sp³-hybridized carbons (Fsp3) is 0.0714. The molecular weight excluding hydrogens is 262 g/mol. The van der Waals surface area contributed by atoms with Crippen molar-refractivity contribution in [3.63, 3.8) is 0 Å². The fourth-order valence-corrected chi connectivity index (χ4v) is 1.72. The van der Waals surface area contributed by atoms with Crippen molar-refractivity contribution in [1.29, 1.82) is 0 Å². The molecule has 0 fully saturated rings. The average Bonchev–Trinajstić information content (AvgIpc) is 2.41. The molecule has 0 heterocycles. The van der Waals surface area contributed by atoms with E-state index in [0.29, 0.717) is 5.69 Å². The summed E-state index contributed by atoms with van der Waals surface area (Å²) in [6.45, 7) is 1.90. The minimum atomic E-state index is -1.34. The van der Waals surface area contributed by atoms with Crippen LogP contribution < -0.4 is 5.32 Å². The number of rotatable bonds is 3. The van der Waals surface area contributed by atoms with Crippen LogP contribution in [0.3, 0.4) is 0 Å². The molecule has 5 N–H and O–H groups in total. The number of carboxylic acids is 1. The topological polar surface area (TPSA) is 110 Å². The van der Waals surface area contributed by atoms with Gasteiger partial charge < -0.3 is 25.7 Å². The maximum Gasteiger partial charge on any atom is 0.338 e. The summed E-state index contributed by atoms with van der Waals surface area (Å²) >= 11 is 0. The second kappa shape index (κ2) is 5.00. The Morgan fingerprint density at radius 3 is 2.20 bits per heavy atom. The Morgan fingerprint density at radius 2 is 1.65 bits per heavy atom. The molecule has 6 nitrogen and oxygen atoms in total. The van der Waals surface area contributed by atoms with Gasteiger partial charge in [0, 0.05) is 11.8 Å². The fourth-order valence-electron chi connectivity index (χ4n) is 1.72. The first-order valence-electron chi connectivity index (χ1n) is 5.75. The Balaban J connectivity index is 2.52. The van der Waals surface area contributed by atoms with E-state index < -0.39 is 23.2 Å². The first-order chi connectivity index (χ1) is 9.40. The highest BCUT2D eigenvalue weighted by Crippen LogP contribution is 2.44. The van der Waals surface area contributed by atoms with Crippen LogP contribution in [0.5, 0.6) is 17.2 Å². The minimum Gasteiger partial charge on any atom is -0.504 e. The molecule has 0 aliphatic heterocycles. The van der Waals surface area contributed by atoms with E-state index in [1.165, 1.54) is 0 Å². The van der Waals surface area contributed by atoms with Gasteiger partial charge in [-0.1, -0.05) is 17.7 Å². The van der Waals surface area contributed by atoms with Crippen LogP contribution in [0.2, 0.25) is 0 Å². The molecule has 2 rings (SSSR count). The zero-order valence-electron chi connectivity index (χ0n) is 10.6. The lowest BCUT2D eigenvalue weighted by Crippen LogP contribution is -2.03. The second-order valence-electron chi connectivity index (χ2n) is 4.31. The van der Waals surface area contributed by atoms with E-state index in [4.69, 9.17) is 5.11 Å². The third kappa shape index (κ3) is 2.44. The van der Waals surface area contributed by atoms with Gasteiger partial charge in [0.1, 0.15) is 0 Å². The van der Waals surface area contributed by atoms with Crippen molar-refractivity contribution in [2.75, 3.05) is 5.32 Å². The van der Waals surface area contributed by atoms with Gasteiger partial charge in [-0.05, 0) is 19.1 Å². The van der Waals surface area contributed by atoms with Crippen LogP contribution in [-0.4, -0.2) is 26.4 Å². The lowest BCUT2D eigenvalue weighted by molar-refractivity contribution is 0.0697. The Bertz CT molecular complexity index is 664. The maximum absolute atomic E-state index is 11.1. The predicted octanol–water partition coefficient (Wildman–Crippen LogP) is 2.55. The first kappa shape index (κ1) is 13.5. The van der Waals surface area contributed by atoms with Gasteiger partial charge in [-0.25, -0.2) is 4.79 Å². The molecule has 0 radical (unpaired) electrons. The number of aryl methyl sites for hydroxylation is 1. The standard InChI is InChI=1S/C14H13NO5/c1-7-2-4-8(5-3-7)15-11-9(14(19)20)6-10(16)12(17)13(11)18/h2-6,15-18H,1H3,(H,19,20). The van der Waals surface area contributed by atoms with E-state index in [9.17, 15) is 20.1 Å². The van der Waals surface area contributed by atoms with Gasteiger partial charge in [0.05, 0.1) is 11.3 Å². The van der Waals surface area contributed by atoms with E-state index >= 15 is 0 Å². The number of aromatic carboxylic acids is 1. The van der Waals surface area contributed by atoms with Crippen LogP contribution in [0.4, 0.5) is 11.4 Å². The first-order valence-corrected chi connectivity index (χ1v) is 5.75. The molecule has 0 bridgehead atoms. The van der Waals surface area contributed by atoms with Gasteiger partial charge in [-0.3, -0.25) is 0 Å². The summed E-state index contributed by atoms with van der Waals surface area (Å²) in [5, 5.41) is 40.4. The lowest BCUT2D eigenvalue weighted by atomic mass is 10.1. The van der Waals surface area contributed by atoms with Crippen molar-refractivity contribution in [1.82, 2.24) is 0 Å². The molecule has 0 unspecified atom stereocenters. The van der Waals surface area contributed by atoms with Gasteiger partial charge in [-0.2, -0.15) is 0 Å². The highest BCUT2D eigenvalue weighted by Gasteiger charge is 2.21. The Hall–Kier alpha value is -2.89. The van der Waals surface area contributed by atoms with Crippen LogP contribution in [0.1, 0.15) is 15.9 Å². The highest BCUT2D eigenvalue weighted by atomic mass is 16.4. The largest absolute Gasteiger partial charge is 0.504 e. The van der Waals surface area contributed by atoms with Gasteiger partial charge >= 0.3 is 5.97 Å². The quantitative estimate of drug-likeness (QED) is 0.435. The molecule has 0 amide bonds. The summed E-state index contributed by atoms with van der Waals surface area (Å²) in [5.74, 6) is -3.54. The number of benzene rings is 2. The van der Waals surface area contributed by atoms with Crippen molar-refractivity contribution in [2.24, 2.45) is 0 Å². The van der Waals surface area contributed by atoms with Crippen LogP contribution in [0.25, 0.3) is 0 Å². The number of carboxylic acid groups (broad SMARTS) is 1. The summed E-state index contributed by atoms with van der Waals surface area (Å²) in [6.07, 6.45) is 0. The molecule has 0 aliphatic carbocycles. The number of hydrogen-bond donors (Lipinski definition) is 5. The third-order valence-corrected chi connectivity index (χ3v) is 2.81. The van der Waals surface area contributed by atoms with E-state index in [1.54, 1.807) is 24.3 Å². The summed E-state index contributed by atoms with van der Waals surface area (Å²) in [5.41, 5.74) is 1.03. The molecule has 0 saturated heterocycles. The van der Waals surface area contributed by atoms with Crippen molar-refractivity contribution >= 4 is 17.3 Å². The number of phenolic OH excluding ortho intramolecular Hbond substituents is 3. The number of phenols is 3. The average molecular weight is 275 g/mol. The number of anilines is 2. The van der Waals surface area contributed by atoms with Crippen LogP contribution in [0.15, 0.2) is 30.3 Å². The van der Waals surface area contributed by atoms with E-state index in [0.717, 1.165) is 11.6 Å². The van der Waals surface area contributed by atoms with Gasteiger partial charge in [0.25, 0.3) is 0 Å². The molecule has 0 spiro atoms. The Morgan fingerprint density at radius 1 is 1.05 bits per heavy atom. The molecule has 6 heteroatoms. The lowest BCUT2D eigenvalue weighted by Gasteiger charge is -2.13. The van der Waals surface area contributed by atoms with E-state index in [2.05, 4.69) is 5.32 Å². The van der Waals surface area contributed by atoms with Gasteiger partial charge in [0.2, 0.25) is 5.75 Å². The molecule has 2 aromatic rings. The Kier molecular flexibility index (Phi) is 3.39. The van der Waals surface area contributed by atoms with Gasteiger partial charge in [0.15, 0.2) is 11.5 Å². The van der Waals surface area contributed by atoms with Crippen LogP contribution in [0, 0.1) is 6.92 Å². The van der Waals surface area contributed by atoms with Crippen molar-refractivity contribution < 1.29 is 25.2 Å². The molecule has 0 aliphatic rings. The number of nitrogens with one attached hydrogen (secondary N) is 1. The third-order valence-electron chi connectivity index (χ3n) is 2.81. The predicted molar refractivity (Wildman–Crippen MR) is 72.9 cm³/mol. The smallest absolute Gasteiger partial charge is 0.338 e. The maximum atomic E-state index is 11.1. The number of carbonyl (C=O) groups is 1. The number of hydrogen-bond acceptors (Lipinski definition) is 5. The normalized spacial score (nSPS) is 10.2. The highest BCUT2D eigenvalue weighted by molar-refractivity contribution is 5.98. The monoisotopic (exact) mass is 275 g/mol. The molecule has 0 atom stereocenters. The van der Waals surface area contributed by atoms with E-state index in [-0.39, 0.29) is 11.3 Å². The summed E-state index contributed by atoms with van der Waals surface area (Å²) < 4.78 is 0. The van der Waals surface area contributed by atoms with E-state index in [1.807, 2.05) is 6.92 Å². The van der Waals surface area contributed by atoms with Crippen LogP contribution in [-0.2, 0) is 0 Å². The minimum absolute atomic E-state index is 0.184. The van der Waals surface area contributed by atoms with Crippen LogP contribution >= 0.6 is 0 Å². The SMILES string of the molecule is Cc1ccc(Nc2c(C(=O)O)cc(O)c(O)c2O)cc1. The Labute approximate surface area is 114 Å². The van der Waals surface area contributed by atoms with Gasteiger partial charge in [-0.15, -0.1) is 0 Å². The molecule has 0 saturated carbocycles. The molecule has 2 aromatic carbocycles. The summed E-state index contributed by atoms with van der Waals surface area (Å²) in [6, 6.07) is 7.88. The molecular formula is C14H13NO5. The molecule has 20 heavy (non-hydrogen) atoms. The second-order valence-corrected chi connectivity index (χ2v) is 4.31. The summed E-state index contributed by atoms with van der Waals surface area (Å²) in [4.78, 5) is 11.1. The van der Waals surface area contributed by atoms with Crippen molar-refractivity contribution in [2.45, 2.75) is 6.92 Å². The zero-order valence-corrected chi connectivity index (χ0v) is 10.6.